The van der Waals surface area contributed by atoms with Crippen molar-refractivity contribution in [2.24, 2.45) is 10.9 Å². The summed E-state index contributed by atoms with van der Waals surface area (Å²) in [5.74, 6) is -4.02. The largest absolute Gasteiger partial charge is 0.508 e. The first-order chi connectivity index (χ1) is 21.2. The van der Waals surface area contributed by atoms with Gasteiger partial charge < -0.3 is 20.1 Å². The molecule has 0 aliphatic carbocycles. The normalized spacial score (nSPS) is 19.9. The van der Waals surface area contributed by atoms with Gasteiger partial charge in [0.05, 0.1) is 13.2 Å². The molecule has 2 atom stereocenters. The third kappa shape index (κ3) is 6.33. The monoisotopic (exact) mass is 604 g/mol. The maximum absolute atomic E-state index is 14.1. The lowest BCUT2D eigenvalue weighted by Crippen LogP contribution is -2.51. The number of methoxy groups -OCH3 is 1. The molecule has 1 fully saturated rings. The molecule has 0 saturated carbocycles. The zero-order chi connectivity index (χ0) is 31.3. The van der Waals surface area contributed by atoms with E-state index < -0.39 is 41.6 Å². The Balaban J connectivity index is 1.22. The maximum Gasteiger partial charge on any atom is 0.351 e. The topological polar surface area (TPSA) is 112 Å². The summed E-state index contributed by atoms with van der Waals surface area (Å²) in [7, 11) is 1.15. The lowest BCUT2D eigenvalue weighted by atomic mass is 9.68. The second kappa shape index (κ2) is 13.3. The molecule has 3 aromatic carbocycles. The van der Waals surface area contributed by atoms with Crippen LogP contribution in [0.2, 0.25) is 0 Å². The molecule has 0 aromatic heterocycles. The lowest BCUT2D eigenvalue weighted by molar-refractivity contribution is -0.144. The molecule has 0 spiro atoms. The van der Waals surface area contributed by atoms with Gasteiger partial charge in [-0.3, -0.25) is 4.79 Å². The van der Waals surface area contributed by atoms with Crippen molar-refractivity contribution in [2.45, 2.75) is 30.7 Å². The molecule has 0 bridgehead atoms. The highest BCUT2D eigenvalue weighted by molar-refractivity contribution is 6.04. The number of aromatic hydroxyl groups is 1. The molecule has 5 rings (SSSR count). The number of esters is 1. The zero-order valence-electron chi connectivity index (χ0n) is 24.3. The smallest absolute Gasteiger partial charge is 0.351 e. The Kier molecular flexibility index (Phi) is 9.34. The van der Waals surface area contributed by atoms with E-state index in [1.165, 1.54) is 11.6 Å². The quantitative estimate of drug-likeness (QED) is 0.271. The van der Waals surface area contributed by atoms with E-state index in [0.717, 1.165) is 61.9 Å². The Morgan fingerprint density at radius 1 is 1.00 bits per heavy atom. The molecule has 0 radical (unpaired) electrons. The van der Waals surface area contributed by atoms with Crippen LogP contribution in [-0.4, -0.2) is 72.4 Å². The van der Waals surface area contributed by atoms with Gasteiger partial charge in [-0.1, -0.05) is 48.5 Å². The molecule has 11 heteroatoms. The molecular formula is C33H34F2N4O5. The number of ether oxygens (including phenoxy) is 1. The first kappa shape index (κ1) is 30.8. The van der Waals surface area contributed by atoms with Crippen molar-refractivity contribution in [1.82, 2.24) is 15.1 Å². The standard InChI is InChI=1S/C33H34F2N4O5/c1-44-30(41)26-21-37-32(43)39(29(26)22-8-13-27(34)28(35)20-22)31(42)36-16-5-17-38-18-14-33(15-19-38,23-6-3-2-4-7-23)24-9-11-25(40)12-10-24/h2-4,6-13,20-21,26,29,40H,5,14-19H2,1H3,(H,36,42). The highest BCUT2D eigenvalue weighted by Crippen LogP contribution is 2.42. The Morgan fingerprint density at radius 3 is 2.34 bits per heavy atom. The number of imide groups is 1. The summed E-state index contributed by atoms with van der Waals surface area (Å²) in [5, 5.41) is 12.6. The van der Waals surface area contributed by atoms with E-state index in [-0.39, 0.29) is 23.3 Å². The lowest BCUT2D eigenvalue weighted by Gasteiger charge is -2.43. The number of hydrogen-bond donors (Lipinski definition) is 2. The van der Waals surface area contributed by atoms with Crippen LogP contribution in [0.3, 0.4) is 0 Å². The molecule has 44 heavy (non-hydrogen) atoms. The van der Waals surface area contributed by atoms with E-state index in [2.05, 4.69) is 27.3 Å². The van der Waals surface area contributed by atoms with Gasteiger partial charge in [0.25, 0.3) is 0 Å². The fourth-order valence-corrected chi connectivity index (χ4v) is 6.18. The van der Waals surface area contributed by atoms with Crippen LogP contribution in [0.4, 0.5) is 18.4 Å². The van der Waals surface area contributed by atoms with Crippen LogP contribution in [0.1, 0.15) is 42.0 Å². The maximum atomic E-state index is 14.1. The summed E-state index contributed by atoms with van der Waals surface area (Å²) in [6, 6.07) is 17.7. The van der Waals surface area contributed by atoms with E-state index in [1.807, 2.05) is 30.3 Å². The van der Waals surface area contributed by atoms with Crippen LogP contribution in [0.15, 0.2) is 77.8 Å². The molecule has 1 saturated heterocycles. The van der Waals surface area contributed by atoms with Crippen LogP contribution in [0, 0.1) is 17.6 Å². The van der Waals surface area contributed by atoms with Gasteiger partial charge >= 0.3 is 18.0 Å². The molecule has 2 unspecified atom stereocenters. The van der Waals surface area contributed by atoms with Gasteiger partial charge in [-0.15, -0.1) is 0 Å². The van der Waals surface area contributed by atoms with Crippen molar-refractivity contribution in [3.8, 4) is 5.75 Å². The third-order valence-electron chi connectivity index (χ3n) is 8.53. The minimum absolute atomic E-state index is 0.0535. The fraction of sp³-hybridized carbons (Fsp3) is 0.333. The minimum atomic E-state index is -1.27. The summed E-state index contributed by atoms with van der Waals surface area (Å²) >= 11 is 0. The van der Waals surface area contributed by atoms with Gasteiger partial charge in [-0.05, 0) is 79.9 Å². The molecular weight excluding hydrogens is 570 g/mol. The number of nitrogens with zero attached hydrogens (tertiary/aromatic N) is 3. The highest BCUT2D eigenvalue weighted by atomic mass is 19.2. The Hall–Kier alpha value is -4.64. The third-order valence-corrected chi connectivity index (χ3v) is 8.53. The second-order valence-corrected chi connectivity index (χ2v) is 11.0. The molecule has 230 valence electrons. The van der Waals surface area contributed by atoms with Gasteiger partial charge in [0.2, 0.25) is 0 Å². The van der Waals surface area contributed by atoms with Gasteiger partial charge in [0.1, 0.15) is 11.7 Å². The number of carbonyl (C=O) groups excluding carboxylic acids is 3. The summed E-state index contributed by atoms with van der Waals surface area (Å²) in [6.07, 6.45) is 3.40. The van der Waals surface area contributed by atoms with Crippen LogP contribution >= 0.6 is 0 Å². The van der Waals surface area contributed by atoms with E-state index in [9.17, 15) is 28.3 Å². The highest BCUT2D eigenvalue weighted by Gasteiger charge is 2.43. The first-order valence-corrected chi connectivity index (χ1v) is 14.5. The predicted octanol–water partition coefficient (Wildman–Crippen LogP) is 5.19. The molecule has 2 aliphatic rings. The number of aliphatic imine (C=N–C) groups is 1. The summed E-state index contributed by atoms with van der Waals surface area (Å²) in [5.41, 5.74) is 2.26. The number of benzene rings is 3. The van der Waals surface area contributed by atoms with Crippen molar-refractivity contribution in [3.63, 3.8) is 0 Å². The Bertz CT molecular complexity index is 1520. The van der Waals surface area contributed by atoms with Crippen molar-refractivity contribution in [3.05, 3.63) is 101 Å². The number of likely N-dealkylation sites (tertiary alicyclic amines) is 1. The number of nitrogens with one attached hydrogen (secondary N) is 1. The van der Waals surface area contributed by atoms with E-state index in [1.54, 1.807) is 12.1 Å². The number of hydrogen-bond acceptors (Lipinski definition) is 6. The summed E-state index contributed by atoms with van der Waals surface area (Å²) in [4.78, 5) is 45.2. The summed E-state index contributed by atoms with van der Waals surface area (Å²) in [6.45, 7) is 2.58. The number of carbonyl (C=O) groups is 3. The zero-order valence-corrected chi connectivity index (χ0v) is 24.3. The number of phenols is 1. The Morgan fingerprint density at radius 2 is 1.68 bits per heavy atom. The van der Waals surface area contributed by atoms with E-state index in [0.29, 0.717) is 13.0 Å². The number of halogens is 2. The average Bonchev–Trinajstić information content (AvgIpc) is 3.05. The molecule has 4 amide bonds. The van der Waals surface area contributed by atoms with Gasteiger partial charge in [-0.2, -0.15) is 0 Å². The second-order valence-electron chi connectivity index (χ2n) is 11.0. The van der Waals surface area contributed by atoms with Crippen LogP contribution < -0.4 is 5.32 Å². The molecule has 9 nitrogen and oxygen atoms in total. The fourth-order valence-electron chi connectivity index (χ4n) is 6.18. The number of piperidine rings is 1. The van der Waals surface area contributed by atoms with Crippen LogP contribution in [0.25, 0.3) is 0 Å². The van der Waals surface area contributed by atoms with E-state index >= 15 is 0 Å². The van der Waals surface area contributed by atoms with Crippen molar-refractivity contribution >= 4 is 24.2 Å². The number of phenolic OH excluding ortho intramolecular Hbond substituents is 1. The average molecular weight is 605 g/mol. The number of amides is 4. The molecule has 2 heterocycles. The van der Waals surface area contributed by atoms with Crippen molar-refractivity contribution in [2.75, 3.05) is 33.3 Å². The SMILES string of the molecule is COC(=O)C1C=NC(=O)N(C(=O)NCCCN2CCC(c3ccccc3)(c3ccc(O)cc3)CC2)C1c1ccc(F)c(F)c1. The number of urea groups is 2. The van der Waals surface area contributed by atoms with Gasteiger partial charge in [0.15, 0.2) is 11.6 Å². The first-order valence-electron chi connectivity index (χ1n) is 14.5. The Labute approximate surface area is 254 Å². The van der Waals surface area contributed by atoms with E-state index in [4.69, 9.17) is 4.74 Å². The van der Waals surface area contributed by atoms with Crippen molar-refractivity contribution in [1.29, 1.82) is 0 Å². The molecule has 2 aliphatic heterocycles. The van der Waals surface area contributed by atoms with Gasteiger partial charge in [-0.25, -0.2) is 28.3 Å². The van der Waals surface area contributed by atoms with Gasteiger partial charge in [0, 0.05) is 18.2 Å². The minimum Gasteiger partial charge on any atom is -0.508 e. The number of rotatable bonds is 8. The predicted molar refractivity (Wildman–Crippen MR) is 159 cm³/mol. The van der Waals surface area contributed by atoms with Crippen LogP contribution in [-0.2, 0) is 14.9 Å². The summed E-state index contributed by atoms with van der Waals surface area (Å²) < 4.78 is 32.6. The molecule has 2 N–H and O–H groups in total. The van der Waals surface area contributed by atoms with Crippen LogP contribution in [0.5, 0.6) is 5.75 Å². The van der Waals surface area contributed by atoms with Crippen molar-refractivity contribution < 1.29 is 33.0 Å². The molecule has 3 aromatic rings.